The number of nitrogens with zero attached hydrogens (tertiary/aromatic N) is 5. The minimum absolute atomic E-state index is 0.0474. The Morgan fingerprint density at radius 1 is 1.11 bits per heavy atom. The largest absolute Gasteiger partial charge is 0.433 e. The van der Waals surface area contributed by atoms with E-state index in [0.717, 1.165) is 61.8 Å². The molecular weight excluding hydrogens is 361 g/mol. The summed E-state index contributed by atoms with van der Waals surface area (Å²) in [5.41, 5.74) is 1.13. The van der Waals surface area contributed by atoms with E-state index in [9.17, 15) is 13.2 Å². The third-order valence-electron chi connectivity index (χ3n) is 4.82. The molecule has 2 aromatic rings. The van der Waals surface area contributed by atoms with Gasteiger partial charge in [-0.1, -0.05) is 0 Å². The fourth-order valence-corrected chi connectivity index (χ4v) is 3.34. The number of piperidine rings is 1. The van der Waals surface area contributed by atoms with Gasteiger partial charge in [0, 0.05) is 37.2 Å². The van der Waals surface area contributed by atoms with Crippen molar-refractivity contribution in [2.24, 2.45) is 0 Å². The van der Waals surface area contributed by atoms with Gasteiger partial charge < -0.3 is 15.0 Å². The number of nitrogens with one attached hydrogen (secondary N) is 1. The molecule has 2 aliphatic heterocycles. The van der Waals surface area contributed by atoms with Crippen molar-refractivity contribution in [1.29, 1.82) is 0 Å². The Bertz CT molecular complexity index is 807. The molecule has 10 heteroatoms. The Hall–Kier alpha value is -2.49. The highest BCUT2D eigenvalue weighted by molar-refractivity contribution is 5.43. The van der Waals surface area contributed by atoms with Gasteiger partial charge in [0.15, 0.2) is 5.82 Å². The van der Waals surface area contributed by atoms with Crippen molar-refractivity contribution in [3.05, 3.63) is 35.4 Å². The van der Waals surface area contributed by atoms with E-state index >= 15 is 0 Å². The molecule has 144 valence electrons. The minimum atomic E-state index is -4.47. The van der Waals surface area contributed by atoms with E-state index in [2.05, 4.69) is 30.4 Å². The Labute approximate surface area is 154 Å². The number of anilines is 2. The molecule has 0 saturated carbocycles. The third-order valence-corrected chi connectivity index (χ3v) is 4.82. The van der Waals surface area contributed by atoms with E-state index in [1.807, 2.05) is 6.07 Å². The number of hydrogen-bond donors (Lipinski definition) is 1. The molecule has 0 aliphatic carbocycles. The molecule has 0 radical (unpaired) electrons. The summed E-state index contributed by atoms with van der Waals surface area (Å²) in [6.45, 7) is 2.72. The quantitative estimate of drug-likeness (QED) is 0.876. The van der Waals surface area contributed by atoms with Crippen LogP contribution in [0.5, 0.6) is 0 Å². The summed E-state index contributed by atoms with van der Waals surface area (Å²) in [6, 6.07) is 3.02. The molecule has 0 bridgehead atoms. The van der Waals surface area contributed by atoms with Gasteiger partial charge in [-0.15, -0.1) is 5.10 Å². The molecule has 4 heterocycles. The van der Waals surface area contributed by atoms with E-state index in [0.29, 0.717) is 13.2 Å². The molecule has 1 saturated heterocycles. The molecule has 7 nitrogen and oxygen atoms in total. The predicted molar refractivity (Wildman–Crippen MR) is 91.3 cm³/mol. The Morgan fingerprint density at radius 3 is 2.70 bits per heavy atom. The van der Waals surface area contributed by atoms with E-state index < -0.39 is 11.9 Å². The average molecular weight is 380 g/mol. The fourth-order valence-electron chi connectivity index (χ4n) is 3.34. The molecule has 0 amide bonds. The van der Waals surface area contributed by atoms with E-state index in [1.165, 1.54) is 0 Å². The molecule has 4 rings (SSSR count). The minimum Gasteiger partial charge on any atom is -0.376 e. The van der Waals surface area contributed by atoms with E-state index in [1.54, 1.807) is 0 Å². The summed E-state index contributed by atoms with van der Waals surface area (Å²) in [5.74, 6) is 1.01. The maximum absolute atomic E-state index is 12.8. The lowest BCUT2D eigenvalue weighted by Gasteiger charge is -2.33. The maximum Gasteiger partial charge on any atom is 0.433 e. The first-order valence-corrected chi connectivity index (χ1v) is 8.83. The Morgan fingerprint density at radius 2 is 1.93 bits per heavy atom. The second-order valence-corrected chi connectivity index (χ2v) is 6.67. The molecule has 0 aromatic carbocycles. The van der Waals surface area contributed by atoms with Crippen LogP contribution in [0.1, 0.15) is 29.8 Å². The molecule has 27 heavy (non-hydrogen) atoms. The summed E-state index contributed by atoms with van der Waals surface area (Å²) >= 11 is 0. The first-order valence-electron chi connectivity index (χ1n) is 8.83. The van der Waals surface area contributed by atoms with Gasteiger partial charge in [-0.05, 0) is 18.9 Å². The topological polar surface area (TPSA) is 76.1 Å². The zero-order chi connectivity index (χ0) is 18.9. The lowest BCUT2D eigenvalue weighted by Crippen LogP contribution is -2.40. The number of halogens is 3. The SMILES string of the molecule is FC(F)(F)c1cc(NC2CCN(c3cc4c(nn3)CCOC4)CC2)ncn1. The normalized spacial score (nSPS) is 18.3. The number of alkyl halides is 3. The van der Waals surface area contributed by atoms with Gasteiger partial charge >= 0.3 is 6.18 Å². The van der Waals surface area contributed by atoms with E-state index in [-0.39, 0.29) is 11.9 Å². The second kappa shape index (κ2) is 7.26. The zero-order valence-corrected chi connectivity index (χ0v) is 14.5. The molecule has 0 spiro atoms. The van der Waals surface area contributed by atoms with Gasteiger partial charge in [0.25, 0.3) is 0 Å². The van der Waals surface area contributed by atoms with Crippen LogP contribution in [0.3, 0.4) is 0 Å². The van der Waals surface area contributed by atoms with Gasteiger partial charge in [0.2, 0.25) is 0 Å². The van der Waals surface area contributed by atoms with Crippen molar-refractivity contribution >= 4 is 11.6 Å². The summed E-state index contributed by atoms with van der Waals surface area (Å²) in [6.07, 6.45) is -1.22. The number of ether oxygens (including phenoxy) is 1. The molecule has 2 aromatic heterocycles. The number of aromatic nitrogens is 4. The maximum atomic E-state index is 12.8. The van der Waals surface area contributed by atoms with Crippen LogP contribution in [0, 0.1) is 0 Å². The first kappa shape index (κ1) is 17.9. The standard InChI is InChI=1S/C17H19F3N6O/c18-17(19,20)14-8-15(22-10-21-14)23-12-1-4-26(5-2-12)16-7-11-9-27-6-3-13(11)24-25-16/h7-8,10,12H,1-6,9H2,(H,21,22,23). The van der Waals surface area contributed by atoms with Crippen LogP contribution in [0.2, 0.25) is 0 Å². The monoisotopic (exact) mass is 380 g/mol. The van der Waals surface area contributed by atoms with Crippen LogP contribution < -0.4 is 10.2 Å². The smallest absolute Gasteiger partial charge is 0.376 e. The van der Waals surface area contributed by atoms with Crippen LogP contribution in [-0.2, 0) is 23.9 Å². The highest BCUT2D eigenvalue weighted by Crippen LogP contribution is 2.29. The van der Waals surface area contributed by atoms with Gasteiger partial charge in [-0.2, -0.15) is 18.3 Å². The first-order chi connectivity index (χ1) is 13.0. The van der Waals surface area contributed by atoms with Crippen LogP contribution in [0.15, 0.2) is 18.5 Å². The van der Waals surface area contributed by atoms with Gasteiger partial charge in [-0.25, -0.2) is 9.97 Å². The zero-order valence-electron chi connectivity index (χ0n) is 14.5. The van der Waals surface area contributed by atoms with Crippen LogP contribution in [-0.4, -0.2) is 45.9 Å². The average Bonchev–Trinajstić information content (AvgIpc) is 2.68. The lowest BCUT2D eigenvalue weighted by atomic mass is 10.0. The molecule has 2 aliphatic rings. The van der Waals surface area contributed by atoms with Crippen molar-refractivity contribution in [1.82, 2.24) is 20.2 Å². The van der Waals surface area contributed by atoms with Crippen LogP contribution >= 0.6 is 0 Å². The lowest BCUT2D eigenvalue weighted by molar-refractivity contribution is -0.141. The number of hydrogen-bond acceptors (Lipinski definition) is 7. The molecule has 0 unspecified atom stereocenters. The van der Waals surface area contributed by atoms with Gasteiger partial charge in [0.05, 0.1) is 18.9 Å². The molecule has 1 N–H and O–H groups in total. The summed E-state index contributed by atoms with van der Waals surface area (Å²) < 4.78 is 43.7. The van der Waals surface area contributed by atoms with Crippen LogP contribution in [0.4, 0.5) is 24.8 Å². The molecular formula is C17H19F3N6O. The van der Waals surface area contributed by atoms with Crippen molar-refractivity contribution in [2.45, 2.75) is 38.1 Å². The number of rotatable bonds is 3. The van der Waals surface area contributed by atoms with Crippen molar-refractivity contribution in [3.8, 4) is 0 Å². The fraction of sp³-hybridized carbons (Fsp3) is 0.529. The third kappa shape index (κ3) is 4.10. The summed E-state index contributed by atoms with van der Waals surface area (Å²) in [7, 11) is 0. The second-order valence-electron chi connectivity index (χ2n) is 6.67. The molecule has 1 fully saturated rings. The predicted octanol–water partition coefficient (Wildman–Crippen LogP) is 2.44. The van der Waals surface area contributed by atoms with E-state index in [4.69, 9.17) is 4.74 Å². The van der Waals surface area contributed by atoms with Crippen molar-refractivity contribution in [3.63, 3.8) is 0 Å². The highest BCUT2D eigenvalue weighted by atomic mass is 19.4. The number of fused-ring (bicyclic) bond motifs is 1. The summed E-state index contributed by atoms with van der Waals surface area (Å²) in [4.78, 5) is 9.32. The summed E-state index contributed by atoms with van der Waals surface area (Å²) in [5, 5.41) is 11.7. The van der Waals surface area contributed by atoms with Crippen molar-refractivity contribution < 1.29 is 17.9 Å². The molecule has 0 atom stereocenters. The van der Waals surface area contributed by atoms with Gasteiger partial charge in [-0.3, -0.25) is 0 Å². The Balaban J connectivity index is 1.37. The van der Waals surface area contributed by atoms with Crippen molar-refractivity contribution in [2.75, 3.05) is 29.9 Å². The van der Waals surface area contributed by atoms with Crippen LogP contribution in [0.25, 0.3) is 0 Å². The highest BCUT2D eigenvalue weighted by Gasteiger charge is 2.33. The Kier molecular flexibility index (Phi) is 4.81. The van der Waals surface area contributed by atoms with Gasteiger partial charge in [0.1, 0.15) is 17.8 Å².